The Morgan fingerprint density at radius 1 is 1.85 bits per heavy atom. The largest absolute Gasteiger partial charge is 0.480 e. The molecule has 0 bridgehead atoms. The van der Waals surface area contributed by atoms with Crippen LogP contribution in [-0.4, -0.2) is 18.3 Å². The van der Waals surface area contributed by atoms with Crippen molar-refractivity contribution in [3.63, 3.8) is 0 Å². The lowest BCUT2D eigenvalue weighted by molar-refractivity contribution is -0.117. The second kappa shape index (κ2) is 3.56. The van der Waals surface area contributed by atoms with Gasteiger partial charge in [-0.3, -0.25) is 5.41 Å². The van der Waals surface area contributed by atoms with Crippen molar-refractivity contribution < 1.29 is 9.53 Å². The molecule has 0 aromatic carbocycles. The highest BCUT2D eigenvalue weighted by Gasteiger charge is 2.41. The van der Waals surface area contributed by atoms with E-state index in [1.54, 1.807) is 0 Å². The van der Waals surface area contributed by atoms with E-state index < -0.39 is 5.41 Å². The average Bonchev–Trinajstić information content (AvgIpc) is 2.45. The number of nitrogens with zero attached hydrogens (tertiary/aromatic N) is 1. The van der Waals surface area contributed by atoms with Crippen LogP contribution in [0.5, 0.6) is 0 Å². The zero-order chi connectivity index (χ0) is 9.90. The van der Waals surface area contributed by atoms with Gasteiger partial charge in [0, 0.05) is 12.8 Å². The fourth-order valence-corrected chi connectivity index (χ4v) is 1.37. The first-order valence-electron chi connectivity index (χ1n) is 4.23. The summed E-state index contributed by atoms with van der Waals surface area (Å²) in [6.07, 6.45) is 1.30. The lowest BCUT2D eigenvalue weighted by atomic mass is 9.82. The molecule has 1 N–H and O–H groups in total. The summed E-state index contributed by atoms with van der Waals surface area (Å²) in [7, 11) is 0. The quantitative estimate of drug-likeness (QED) is 0.710. The van der Waals surface area contributed by atoms with Gasteiger partial charge in [-0.1, -0.05) is 0 Å². The third kappa shape index (κ3) is 1.86. The number of ether oxygens (including phenoxy) is 1. The van der Waals surface area contributed by atoms with Crippen LogP contribution >= 0.6 is 0 Å². The molecule has 0 spiro atoms. The number of nitrogens with one attached hydrogen (secondary N) is 1. The molecule has 1 atom stereocenters. The van der Waals surface area contributed by atoms with Crippen LogP contribution in [0.2, 0.25) is 0 Å². The van der Waals surface area contributed by atoms with Crippen LogP contribution in [-0.2, 0) is 9.53 Å². The van der Waals surface area contributed by atoms with E-state index in [1.165, 1.54) is 6.92 Å². The maximum absolute atomic E-state index is 10.7. The van der Waals surface area contributed by atoms with Gasteiger partial charge in [-0.2, -0.15) is 5.26 Å². The number of nitriles is 1. The van der Waals surface area contributed by atoms with E-state index in [0.29, 0.717) is 25.9 Å². The van der Waals surface area contributed by atoms with Gasteiger partial charge in [-0.25, -0.2) is 0 Å². The number of hydrogen-bond donors (Lipinski definition) is 1. The Morgan fingerprint density at radius 3 is 2.92 bits per heavy atom. The van der Waals surface area contributed by atoms with Crippen molar-refractivity contribution in [3.8, 4) is 6.07 Å². The van der Waals surface area contributed by atoms with Crippen molar-refractivity contribution in [2.75, 3.05) is 6.61 Å². The first-order valence-corrected chi connectivity index (χ1v) is 4.23. The Labute approximate surface area is 77.0 Å². The molecule has 0 radical (unpaired) electrons. The van der Waals surface area contributed by atoms with Gasteiger partial charge in [-0.15, -0.1) is 0 Å². The maximum atomic E-state index is 10.7. The lowest BCUT2D eigenvalue weighted by Gasteiger charge is -2.16. The van der Waals surface area contributed by atoms with E-state index in [4.69, 9.17) is 15.4 Å². The molecule has 1 aliphatic heterocycles. The number of ketones is 1. The number of hydrogen-bond acceptors (Lipinski definition) is 4. The van der Waals surface area contributed by atoms with Crippen LogP contribution in [0.3, 0.4) is 0 Å². The summed E-state index contributed by atoms with van der Waals surface area (Å²) in [5, 5.41) is 16.4. The zero-order valence-corrected chi connectivity index (χ0v) is 7.59. The maximum Gasteiger partial charge on any atom is 0.201 e. The molecule has 1 heterocycles. The fourth-order valence-electron chi connectivity index (χ4n) is 1.37. The molecular formula is C9H12N2O2. The van der Waals surface area contributed by atoms with Crippen molar-refractivity contribution in [2.24, 2.45) is 5.41 Å². The molecule has 1 fully saturated rings. The van der Waals surface area contributed by atoms with Gasteiger partial charge >= 0.3 is 0 Å². The van der Waals surface area contributed by atoms with E-state index in [9.17, 15) is 4.79 Å². The second-order valence-corrected chi connectivity index (χ2v) is 3.32. The first-order chi connectivity index (χ1) is 6.10. The van der Waals surface area contributed by atoms with Crippen molar-refractivity contribution in [3.05, 3.63) is 0 Å². The standard InChI is InChI=1S/C9H12N2O2/c1-7(12)2-3-9(6-10)4-5-13-8(9)11/h11H,2-5H2,1H3. The van der Waals surface area contributed by atoms with Gasteiger partial charge < -0.3 is 9.53 Å². The summed E-state index contributed by atoms with van der Waals surface area (Å²) in [6, 6.07) is 2.08. The number of carbonyl (C=O) groups is 1. The third-order valence-electron chi connectivity index (χ3n) is 2.33. The van der Waals surface area contributed by atoms with Gasteiger partial charge in [0.25, 0.3) is 0 Å². The highest BCUT2D eigenvalue weighted by molar-refractivity contribution is 5.85. The Hall–Kier alpha value is -1.37. The molecule has 4 nitrogen and oxygen atoms in total. The summed E-state index contributed by atoms with van der Waals surface area (Å²) in [5.74, 6) is 0.0746. The number of Topliss-reactive ketones (excluding diaryl/α,β-unsaturated/α-hetero) is 1. The van der Waals surface area contributed by atoms with E-state index in [1.807, 2.05) is 0 Å². The molecule has 1 unspecified atom stereocenters. The molecule has 1 aliphatic rings. The van der Waals surface area contributed by atoms with Crippen LogP contribution in [0.25, 0.3) is 0 Å². The van der Waals surface area contributed by atoms with Gasteiger partial charge in [0.05, 0.1) is 12.7 Å². The van der Waals surface area contributed by atoms with Crippen LogP contribution in [0.1, 0.15) is 26.2 Å². The predicted octanol–water partition coefficient (Wildman–Crippen LogP) is 1.26. The van der Waals surface area contributed by atoms with Crippen LogP contribution in [0, 0.1) is 22.2 Å². The van der Waals surface area contributed by atoms with Crippen LogP contribution < -0.4 is 0 Å². The summed E-state index contributed by atoms with van der Waals surface area (Å²) in [4.78, 5) is 10.7. The monoisotopic (exact) mass is 180 g/mol. The zero-order valence-electron chi connectivity index (χ0n) is 7.59. The van der Waals surface area contributed by atoms with E-state index >= 15 is 0 Å². The predicted molar refractivity (Wildman–Crippen MR) is 46.3 cm³/mol. The Bertz CT molecular complexity index is 280. The summed E-state index contributed by atoms with van der Waals surface area (Å²) < 4.78 is 4.94. The minimum Gasteiger partial charge on any atom is -0.480 e. The van der Waals surface area contributed by atoms with E-state index in [-0.39, 0.29) is 11.7 Å². The van der Waals surface area contributed by atoms with Gasteiger partial charge in [0.15, 0.2) is 0 Å². The summed E-state index contributed by atoms with van der Waals surface area (Å²) in [6.45, 7) is 1.91. The summed E-state index contributed by atoms with van der Waals surface area (Å²) >= 11 is 0. The third-order valence-corrected chi connectivity index (χ3v) is 2.33. The minimum atomic E-state index is -0.828. The number of rotatable bonds is 3. The smallest absolute Gasteiger partial charge is 0.201 e. The topological polar surface area (TPSA) is 73.9 Å². The van der Waals surface area contributed by atoms with E-state index in [0.717, 1.165) is 0 Å². The van der Waals surface area contributed by atoms with Crippen LogP contribution in [0.15, 0.2) is 0 Å². The molecule has 0 amide bonds. The van der Waals surface area contributed by atoms with Crippen molar-refractivity contribution >= 4 is 11.7 Å². The molecule has 0 saturated carbocycles. The fraction of sp³-hybridized carbons (Fsp3) is 0.667. The molecule has 0 aliphatic carbocycles. The normalized spacial score (nSPS) is 26.6. The second-order valence-electron chi connectivity index (χ2n) is 3.32. The summed E-state index contributed by atoms with van der Waals surface area (Å²) in [5.41, 5.74) is -0.828. The van der Waals surface area contributed by atoms with Crippen molar-refractivity contribution in [1.82, 2.24) is 0 Å². The van der Waals surface area contributed by atoms with Crippen LogP contribution in [0.4, 0.5) is 0 Å². The lowest BCUT2D eigenvalue weighted by Crippen LogP contribution is -2.24. The van der Waals surface area contributed by atoms with Gasteiger partial charge in [0.1, 0.15) is 11.2 Å². The molecule has 0 aromatic heterocycles. The SMILES string of the molecule is CC(=O)CCC1(C#N)CCOC1=N. The Kier molecular flexibility index (Phi) is 2.66. The molecule has 70 valence electrons. The van der Waals surface area contributed by atoms with Crippen molar-refractivity contribution in [2.45, 2.75) is 26.2 Å². The van der Waals surface area contributed by atoms with Crippen molar-refractivity contribution in [1.29, 1.82) is 10.7 Å². The Morgan fingerprint density at radius 2 is 2.54 bits per heavy atom. The molecule has 1 rings (SSSR count). The first kappa shape index (κ1) is 9.72. The Balaban J connectivity index is 2.66. The molecular weight excluding hydrogens is 168 g/mol. The molecule has 1 saturated heterocycles. The molecule has 13 heavy (non-hydrogen) atoms. The van der Waals surface area contributed by atoms with Gasteiger partial charge in [0.2, 0.25) is 5.90 Å². The molecule has 4 heteroatoms. The molecule has 0 aromatic rings. The highest BCUT2D eigenvalue weighted by Crippen LogP contribution is 2.34. The van der Waals surface area contributed by atoms with E-state index in [2.05, 4.69) is 6.07 Å². The number of carbonyl (C=O) groups excluding carboxylic acids is 1. The minimum absolute atomic E-state index is 0.0243. The highest BCUT2D eigenvalue weighted by atomic mass is 16.5. The van der Waals surface area contributed by atoms with Gasteiger partial charge in [-0.05, 0) is 13.3 Å². The average molecular weight is 180 g/mol.